The van der Waals surface area contributed by atoms with Crippen LogP contribution in [0.15, 0.2) is 18.3 Å². The Morgan fingerprint density at radius 3 is 1.38 bits per heavy atom. The lowest BCUT2D eigenvalue weighted by molar-refractivity contribution is 0.528. The second kappa shape index (κ2) is 17.1. The van der Waals surface area contributed by atoms with E-state index in [1.165, 1.54) is 115 Å². The minimum absolute atomic E-state index is 0.869. The third kappa shape index (κ3) is 13.7. The van der Waals surface area contributed by atoms with Crippen molar-refractivity contribution in [3.63, 3.8) is 0 Å². The van der Waals surface area contributed by atoms with Crippen molar-refractivity contribution in [2.24, 2.45) is 5.73 Å². The summed E-state index contributed by atoms with van der Waals surface area (Å²) in [5.74, 6) is 0. The second-order valence-corrected chi connectivity index (χ2v) is 7.39. The maximum Gasteiger partial charge on any atom is 0.0147 e. The van der Waals surface area contributed by atoms with E-state index in [-0.39, 0.29) is 0 Å². The summed E-state index contributed by atoms with van der Waals surface area (Å²) in [6.45, 7) is 0.869. The zero-order valence-electron chi connectivity index (χ0n) is 16.0. The van der Waals surface area contributed by atoms with Crippen LogP contribution >= 0.6 is 0 Å². The van der Waals surface area contributed by atoms with Gasteiger partial charge in [0.15, 0.2) is 0 Å². The average molecular weight is 335 g/mol. The van der Waals surface area contributed by atoms with Gasteiger partial charge in [0.05, 0.1) is 0 Å². The zero-order chi connectivity index (χ0) is 17.1. The fourth-order valence-electron chi connectivity index (χ4n) is 3.46. The summed E-state index contributed by atoms with van der Waals surface area (Å²) >= 11 is 0. The quantitative estimate of drug-likeness (QED) is 0.286. The Hall–Kier alpha value is -0.760. The van der Waals surface area contributed by atoms with Crippen molar-refractivity contribution in [2.75, 3.05) is 6.54 Å². The molecule has 0 amide bonds. The van der Waals surface area contributed by atoms with Crippen molar-refractivity contribution in [1.82, 2.24) is 4.98 Å². The summed E-state index contributed by atoms with van der Waals surface area (Å²) in [6, 6.07) is 4.29. The Labute approximate surface area is 151 Å². The maximum absolute atomic E-state index is 5.51. The highest BCUT2D eigenvalue weighted by atomic mass is 14.7. The van der Waals surface area contributed by atoms with Crippen LogP contribution in [0.25, 0.3) is 0 Å². The number of aromatic nitrogens is 1. The van der Waals surface area contributed by atoms with Gasteiger partial charge in [-0.15, -0.1) is 0 Å². The minimum atomic E-state index is 0.869. The minimum Gasteiger partial charge on any atom is -0.365 e. The molecule has 3 N–H and O–H groups in total. The SMILES string of the molecule is NCCCCCCCCCCCCCCCCCCc1ccc[nH]1. The lowest BCUT2D eigenvalue weighted by atomic mass is 10.0. The van der Waals surface area contributed by atoms with Gasteiger partial charge in [-0.25, -0.2) is 0 Å². The molecular formula is C22H42N2. The summed E-state index contributed by atoms with van der Waals surface area (Å²) < 4.78 is 0. The molecule has 1 rings (SSSR count). The zero-order valence-corrected chi connectivity index (χ0v) is 16.0. The lowest BCUT2D eigenvalue weighted by Gasteiger charge is -2.03. The number of hydrogen-bond acceptors (Lipinski definition) is 1. The van der Waals surface area contributed by atoms with Crippen LogP contribution in [0, 0.1) is 0 Å². The predicted octanol–water partition coefficient (Wildman–Crippen LogP) is 6.76. The summed E-state index contributed by atoms with van der Waals surface area (Å²) in [6.07, 6.45) is 25.8. The molecule has 1 heterocycles. The summed E-state index contributed by atoms with van der Waals surface area (Å²) in [5, 5.41) is 0. The number of aromatic amines is 1. The number of unbranched alkanes of at least 4 members (excludes halogenated alkanes) is 15. The second-order valence-electron chi connectivity index (χ2n) is 7.39. The highest BCUT2D eigenvalue weighted by Gasteiger charge is 1.96. The molecule has 0 atom stereocenters. The molecule has 0 saturated heterocycles. The molecule has 140 valence electrons. The first-order valence-electron chi connectivity index (χ1n) is 10.8. The number of nitrogens with one attached hydrogen (secondary N) is 1. The highest BCUT2D eigenvalue weighted by molar-refractivity contribution is 5.03. The lowest BCUT2D eigenvalue weighted by Crippen LogP contribution is -1.97. The van der Waals surface area contributed by atoms with Crippen LogP contribution in [-0.4, -0.2) is 11.5 Å². The third-order valence-corrected chi connectivity index (χ3v) is 5.06. The molecule has 0 aromatic carbocycles. The normalized spacial score (nSPS) is 11.2. The molecule has 0 radical (unpaired) electrons. The molecule has 0 aliphatic heterocycles. The van der Waals surface area contributed by atoms with Crippen LogP contribution in [0.5, 0.6) is 0 Å². The molecule has 0 unspecified atom stereocenters. The van der Waals surface area contributed by atoms with Crippen LogP contribution < -0.4 is 5.73 Å². The van der Waals surface area contributed by atoms with E-state index < -0.39 is 0 Å². The van der Waals surface area contributed by atoms with E-state index in [2.05, 4.69) is 17.1 Å². The molecule has 1 aromatic heterocycles. The Kier molecular flexibility index (Phi) is 15.1. The fourth-order valence-corrected chi connectivity index (χ4v) is 3.46. The first-order chi connectivity index (χ1) is 11.9. The molecule has 0 saturated carbocycles. The van der Waals surface area contributed by atoms with Gasteiger partial charge in [0.2, 0.25) is 0 Å². The van der Waals surface area contributed by atoms with Crippen molar-refractivity contribution >= 4 is 0 Å². The van der Waals surface area contributed by atoms with E-state index in [9.17, 15) is 0 Å². The molecule has 1 aromatic rings. The fraction of sp³-hybridized carbons (Fsp3) is 0.818. The topological polar surface area (TPSA) is 41.8 Å². The van der Waals surface area contributed by atoms with Gasteiger partial charge < -0.3 is 10.7 Å². The van der Waals surface area contributed by atoms with Crippen molar-refractivity contribution in [2.45, 2.75) is 109 Å². The van der Waals surface area contributed by atoms with Gasteiger partial charge in [-0.05, 0) is 37.9 Å². The Bertz CT molecular complexity index is 332. The Balaban J connectivity index is 1.66. The van der Waals surface area contributed by atoms with Crippen molar-refractivity contribution < 1.29 is 0 Å². The van der Waals surface area contributed by atoms with Crippen LogP contribution in [0.1, 0.15) is 108 Å². The molecule has 2 heteroatoms. The van der Waals surface area contributed by atoms with Gasteiger partial charge in [-0.1, -0.05) is 89.9 Å². The summed E-state index contributed by atoms with van der Waals surface area (Å²) in [4.78, 5) is 3.29. The number of H-pyrrole nitrogens is 1. The summed E-state index contributed by atoms with van der Waals surface area (Å²) in [5.41, 5.74) is 6.90. The van der Waals surface area contributed by atoms with Crippen LogP contribution in [0.4, 0.5) is 0 Å². The smallest absolute Gasteiger partial charge is 0.0147 e. The first-order valence-corrected chi connectivity index (χ1v) is 10.8. The Morgan fingerprint density at radius 1 is 0.583 bits per heavy atom. The van der Waals surface area contributed by atoms with E-state index >= 15 is 0 Å². The van der Waals surface area contributed by atoms with E-state index in [0.29, 0.717) is 0 Å². The third-order valence-electron chi connectivity index (χ3n) is 5.06. The largest absolute Gasteiger partial charge is 0.365 e. The number of rotatable bonds is 18. The molecule has 24 heavy (non-hydrogen) atoms. The number of nitrogens with two attached hydrogens (primary N) is 1. The van der Waals surface area contributed by atoms with Crippen molar-refractivity contribution in [3.8, 4) is 0 Å². The van der Waals surface area contributed by atoms with Gasteiger partial charge in [-0.3, -0.25) is 0 Å². The van der Waals surface area contributed by atoms with Crippen molar-refractivity contribution in [3.05, 3.63) is 24.0 Å². The van der Waals surface area contributed by atoms with Crippen LogP contribution in [-0.2, 0) is 6.42 Å². The molecule has 0 aliphatic rings. The van der Waals surface area contributed by atoms with E-state index in [0.717, 1.165) is 6.54 Å². The molecule has 0 spiro atoms. The van der Waals surface area contributed by atoms with Gasteiger partial charge in [0.1, 0.15) is 0 Å². The molecule has 2 nitrogen and oxygen atoms in total. The molecule has 0 aliphatic carbocycles. The van der Waals surface area contributed by atoms with E-state index in [1.54, 1.807) is 0 Å². The monoisotopic (exact) mass is 334 g/mol. The van der Waals surface area contributed by atoms with Gasteiger partial charge in [0.25, 0.3) is 0 Å². The van der Waals surface area contributed by atoms with Crippen LogP contribution in [0.2, 0.25) is 0 Å². The first kappa shape index (κ1) is 21.3. The van der Waals surface area contributed by atoms with Crippen molar-refractivity contribution in [1.29, 1.82) is 0 Å². The standard InChI is InChI=1S/C22H42N2/c23-20-16-14-12-10-8-6-4-2-1-3-5-7-9-11-13-15-18-22-19-17-21-24-22/h17,19,21,24H,1-16,18,20,23H2. The van der Waals surface area contributed by atoms with Gasteiger partial charge in [-0.2, -0.15) is 0 Å². The Morgan fingerprint density at radius 2 is 1.00 bits per heavy atom. The highest BCUT2D eigenvalue weighted by Crippen LogP contribution is 2.14. The maximum atomic E-state index is 5.51. The molecular weight excluding hydrogens is 292 g/mol. The average Bonchev–Trinajstić information content (AvgIpc) is 3.11. The van der Waals surface area contributed by atoms with Crippen LogP contribution in [0.3, 0.4) is 0 Å². The van der Waals surface area contributed by atoms with Gasteiger partial charge in [0, 0.05) is 11.9 Å². The predicted molar refractivity (Wildman–Crippen MR) is 107 cm³/mol. The number of aryl methyl sites for hydroxylation is 1. The number of hydrogen-bond donors (Lipinski definition) is 2. The molecule has 0 fully saturated rings. The van der Waals surface area contributed by atoms with E-state index in [1.807, 2.05) is 6.20 Å². The molecule has 0 bridgehead atoms. The van der Waals surface area contributed by atoms with E-state index in [4.69, 9.17) is 5.73 Å². The van der Waals surface area contributed by atoms with Gasteiger partial charge >= 0.3 is 0 Å². The summed E-state index contributed by atoms with van der Waals surface area (Å²) in [7, 11) is 0.